The van der Waals surface area contributed by atoms with Crippen LogP contribution in [0.3, 0.4) is 0 Å². The summed E-state index contributed by atoms with van der Waals surface area (Å²) in [6.45, 7) is 13.5. The third-order valence-electron chi connectivity index (χ3n) is 6.99. The molecule has 40 heavy (non-hydrogen) atoms. The summed E-state index contributed by atoms with van der Waals surface area (Å²) in [5.74, 6) is -0.431. The van der Waals surface area contributed by atoms with Crippen LogP contribution in [0.2, 0.25) is 0 Å². The smallest absolute Gasteiger partial charge is 0.344 e. The molecule has 212 valence electrons. The van der Waals surface area contributed by atoms with E-state index in [-0.39, 0.29) is 23.6 Å². The van der Waals surface area contributed by atoms with Crippen molar-refractivity contribution < 1.29 is 40.5 Å². The minimum absolute atomic E-state index is 0. The van der Waals surface area contributed by atoms with Gasteiger partial charge in [-0.2, -0.15) is 0 Å². The Balaban J connectivity index is 0.00000441. The first-order valence-electron chi connectivity index (χ1n) is 13.7. The lowest BCUT2D eigenvalue weighted by atomic mass is 9.90. The van der Waals surface area contributed by atoms with Gasteiger partial charge >= 0.3 is 11.9 Å². The molecule has 7 nitrogen and oxygen atoms in total. The number of anilines is 1. The summed E-state index contributed by atoms with van der Waals surface area (Å²) < 4.78 is 19.1. The van der Waals surface area contributed by atoms with E-state index in [4.69, 9.17) is 13.9 Å². The summed E-state index contributed by atoms with van der Waals surface area (Å²) in [6.07, 6.45) is 0. The fourth-order valence-corrected chi connectivity index (χ4v) is 5.01. The molecule has 1 heterocycles. The van der Waals surface area contributed by atoms with Crippen LogP contribution in [0.4, 0.5) is 5.69 Å². The first-order chi connectivity index (χ1) is 18.9. The second kappa shape index (κ2) is 14.1. The van der Waals surface area contributed by atoms with Crippen molar-refractivity contribution in [2.24, 2.45) is 0 Å². The molecule has 0 amide bonds. The summed E-state index contributed by atoms with van der Waals surface area (Å²) in [4.78, 5) is 27.3. The minimum Gasteiger partial charge on any atom is -1.00 e. The van der Waals surface area contributed by atoms with E-state index in [0.717, 1.165) is 65.1 Å². The summed E-state index contributed by atoms with van der Waals surface area (Å²) in [5, 5.41) is 1.96. The van der Waals surface area contributed by atoms with Gasteiger partial charge in [0.15, 0.2) is 6.61 Å². The summed E-state index contributed by atoms with van der Waals surface area (Å²) in [6, 6.07) is 19.7. The molecular formula is C32H37BrN2O5. The largest absolute Gasteiger partial charge is 1.00 e. The molecule has 0 N–H and O–H groups in total. The predicted molar refractivity (Wildman–Crippen MR) is 155 cm³/mol. The molecule has 8 heteroatoms. The van der Waals surface area contributed by atoms with Gasteiger partial charge in [-0.3, -0.25) is 0 Å². The molecule has 4 rings (SSSR count). The van der Waals surface area contributed by atoms with E-state index in [9.17, 15) is 9.59 Å². The Hall–Kier alpha value is -3.65. The van der Waals surface area contributed by atoms with Gasteiger partial charge in [0.25, 0.3) is 0 Å². The topological polar surface area (TPSA) is 72.0 Å². The second-order valence-corrected chi connectivity index (χ2v) is 9.11. The summed E-state index contributed by atoms with van der Waals surface area (Å²) in [5.41, 5.74) is 4.66. The maximum Gasteiger partial charge on any atom is 0.344 e. The first-order valence-corrected chi connectivity index (χ1v) is 13.7. The Kier molecular flexibility index (Phi) is 10.9. The molecule has 0 saturated carbocycles. The van der Waals surface area contributed by atoms with Crippen molar-refractivity contribution in [3.8, 4) is 22.5 Å². The van der Waals surface area contributed by atoms with Crippen molar-refractivity contribution in [3.63, 3.8) is 0 Å². The lowest BCUT2D eigenvalue weighted by Gasteiger charge is -2.22. The SMILES string of the molecule is CCOC(=O)COC(=O)c1ccccc1-c1c2ccc(=[N+](CC)CC)cc-2oc2cc(N(CC)CC)ccc12.[Br-]. The van der Waals surface area contributed by atoms with Crippen molar-refractivity contribution in [2.45, 2.75) is 34.6 Å². The van der Waals surface area contributed by atoms with Gasteiger partial charge in [0.2, 0.25) is 5.36 Å². The third-order valence-corrected chi connectivity index (χ3v) is 6.99. The van der Waals surface area contributed by atoms with Gasteiger partial charge in [-0.1, -0.05) is 18.2 Å². The normalized spacial score (nSPS) is 10.7. The average molecular weight is 610 g/mol. The number of hydrogen-bond acceptors (Lipinski definition) is 6. The highest BCUT2D eigenvalue weighted by Crippen LogP contribution is 2.42. The van der Waals surface area contributed by atoms with E-state index >= 15 is 0 Å². The van der Waals surface area contributed by atoms with Gasteiger partial charge in [0, 0.05) is 47.4 Å². The van der Waals surface area contributed by atoms with Crippen molar-refractivity contribution in [1.29, 1.82) is 0 Å². The van der Waals surface area contributed by atoms with Gasteiger partial charge in [-0.05, 0) is 64.4 Å². The monoisotopic (exact) mass is 608 g/mol. The highest BCUT2D eigenvalue weighted by atomic mass is 79.9. The zero-order valence-electron chi connectivity index (χ0n) is 23.8. The second-order valence-electron chi connectivity index (χ2n) is 9.11. The Morgan fingerprint density at radius 3 is 2.25 bits per heavy atom. The zero-order chi connectivity index (χ0) is 27.9. The number of nitrogens with zero attached hydrogens (tertiary/aromatic N) is 2. The maximum atomic E-state index is 13.2. The lowest BCUT2D eigenvalue weighted by Crippen LogP contribution is -3.00. The van der Waals surface area contributed by atoms with Crippen LogP contribution in [0.1, 0.15) is 45.0 Å². The maximum absolute atomic E-state index is 13.2. The number of ether oxygens (including phenoxy) is 2. The van der Waals surface area contributed by atoms with Crippen LogP contribution in [0.25, 0.3) is 33.4 Å². The van der Waals surface area contributed by atoms with Crippen LogP contribution in [0.15, 0.2) is 65.1 Å². The average Bonchev–Trinajstić information content (AvgIpc) is 2.96. The van der Waals surface area contributed by atoms with E-state index in [1.54, 1.807) is 19.1 Å². The van der Waals surface area contributed by atoms with Crippen molar-refractivity contribution >= 4 is 28.6 Å². The quantitative estimate of drug-likeness (QED) is 0.157. The number of rotatable bonds is 10. The number of halogens is 1. The van der Waals surface area contributed by atoms with E-state index < -0.39 is 18.5 Å². The van der Waals surface area contributed by atoms with E-state index in [1.807, 2.05) is 12.1 Å². The molecule has 0 unspecified atom stereocenters. The van der Waals surface area contributed by atoms with E-state index in [1.165, 1.54) is 0 Å². The molecule has 2 aromatic carbocycles. The molecule has 0 saturated heterocycles. The van der Waals surface area contributed by atoms with Crippen LogP contribution in [0, 0.1) is 0 Å². The Morgan fingerprint density at radius 1 is 0.850 bits per heavy atom. The molecule has 2 aromatic rings. The molecule has 2 aliphatic rings. The standard InChI is InChI=1S/C32H37N2O5.BrH/c1-6-33(7-2)22-15-17-26-28(19-22)39-29-20-23(34(8-3)9-4)16-18-27(29)31(26)24-13-11-12-14-25(24)32(36)38-21-30(35)37-10-5;/h11-20H,6-10,21H2,1-5H3;1H/q+1;/p-1. The van der Waals surface area contributed by atoms with Crippen LogP contribution < -0.4 is 31.8 Å². The minimum atomic E-state index is -0.583. The van der Waals surface area contributed by atoms with Gasteiger partial charge in [0.1, 0.15) is 24.4 Å². The van der Waals surface area contributed by atoms with Gasteiger partial charge < -0.3 is 35.8 Å². The number of fused-ring (bicyclic) bond motifs is 2. The summed E-state index contributed by atoms with van der Waals surface area (Å²) >= 11 is 0. The molecule has 0 fully saturated rings. The Morgan fingerprint density at radius 2 is 1.57 bits per heavy atom. The highest BCUT2D eigenvalue weighted by molar-refractivity contribution is 6.08. The molecule has 1 aliphatic carbocycles. The number of esters is 2. The molecular weight excluding hydrogens is 572 g/mol. The molecule has 0 bridgehead atoms. The van der Waals surface area contributed by atoms with Gasteiger partial charge in [-0.15, -0.1) is 0 Å². The lowest BCUT2D eigenvalue weighted by molar-refractivity contribution is -0.146. The van der Waals surface area contributed by atoms with Crippen LogP contribution in [0.5, 0.6) is 0 Å². The zero-order valence-corrected chi connectivity index (χ0v) is 25.4. The van der Waals surface area contributed by atoms with E-state index in [2.05, 4.69) is 73.6 Å². The predicted octanol–water partition coefficient (Wildman–Crippen LogP) is 2.59. The Bertz CT molecular complexity index is 1520. The molecule has 0 radical (unpaired) electrons. The fraction of sp³-hybridized carbons (Fsp3) is 0.344. The molecule has 0 spiro atoms. The van der Waals surface area contributed by atoms with Crippen LogP contribution in [-0.4, -0.2) is 51.3 Å². The Labute approximate surface area is 246 Å². The number of carbonyl (C=O) groups is 2. The molecule has 0 aromatic heterocycles. The van der Waals surface area contributed by atoms with Crippen molar-refractivity contribution in [1.82, 2.24) is 4.58 Å². The van der Waals surface area contributed by atoms with Gasteiger partial charge in [-0.25, -0.2) is 14.2 Å². The first kappa shape index (κ1) is 30.9. The fourth-order valence-electron chi connectivity index (χ4n) is 5.01. The molecule has 0 atom stereocenters. The number of carbonyl (C=O) groups excluding carboxylic acids is 2. The number of hydrogen-bond donors (Lipinski definition) is 0. The third kappa shape index (κ3) is 6.39. The van der Waals surface area contributed by atoms with Crippen molar-refractivity contribution in [2.75, 3.05) is 44.3 Å². The number of benzene rings is 3. The summed E-state index contributed by atoms with van der Waals surface area (Å²) in [7, 11) is 0. The highest BCUT2D eigenvalue weighted by Gasteiger charge is 2.23. The molecule has 1 aliphatic heterocycles. The van der Waals surface area contributed by atoms with E-state index in [0.29, 0.717) is 11.1 Å². The van der Waals surface area contributed by atoms with Crippen LogP contribution >= 0.6 is 0 Å². The van der Waals surface area contributed by atoms with Gasteiger partial charge in [0.05, 0.1) is 18.2 Å². The van der Waals surface area contributed by atoms with Crippen LogP contribution in [-0.2, 0) is 14.3 Å². The van der Waals surface area contributed by atoms with Crippen molar-refractivity contribution in [3.05, 3.63) is 71.6 Å².